The zero-order valence-corrected chi connectivity index (χ0v) is 25.3. The summed E-state index contributed by atoms with van der Waals surface area (Å²) in [5.41, 5.74) is -2.97. The molecule has 214 valence electrons. The molecule has 0 spiro atoms. The molecule has 0 heterocycles. The first-order valence-corrected chi connectivity index (χ1v) is 15.9. The van der Waals surface area contributed by atoms with Gasteiger partial charge in [0.05, 0.1) is 7.11 Å². The Morgan fingerprint density at radius 1 is 0.833 bits per heavy atom. The SMILES string of the molecule is CCCCCCCCCCCCC(CCCCCCC)CC(S)OC(CC)OC(O)(P=O)C(=O)OC. The van der Waals surface area contributed by atoms with Gasteiger partial charge in [-0.3, -0.25) is 4.57 Å². The van der Waals surface area contributed by atoms with Gasteiger partial charge in [-0.1, -0.05) is 130 Å². The first kappa shape index (κ1) is 35.8. The Morgan fingerprint density at radius 2 is 1.28 bits per heavy atom. The number of ether oxygens (including phenoxy) is 3. The third-order valence-corrected chi connectivity index (χ3v) is 7.60. The standard InChI is InChI=1S/C28H55O6PS/c1-5-8-10-12-13-14-15-16-18-20-22-24(21-19-17-11-9-6-2)23-26(36)33-25(7-3)34-28(30,35-31)27(29)32-4/h24-26,30,36H,5-23H2,1-4H3. The summed E-state index contributed by atoms with van der Waals surface area (Å²) in [7, 11) is 0.208. The zero-order chi connectivity index (χ0) is 27.1. The highest BCUT2D eigenvalue weighted by Gasteiger charge is 2.43. The van der Waals surface area contributed by atoms with E-state index in [1.807, 2.05) is 0 Å². The van der Waals surface area contributed by atoms with Crippen LogP contribution < -0.4 is 0 Å². The van der Waals surface area contributed by atoms with Gasteiger partial charge in [-0.25, -0.2) is 4.79 Å². The van der Waals surface area contributed by atoms with Gasteiger partial charge in [-0.2, -0.15) is 0 Å². The molecular formula is C28H55O6PS. The average molecular weight is 551 g/mol. The quantitative estimate of drug-likeness (QED) is 0.0368. The van der Waals surface area contributed by atoms with Crippen molar-refractivity contribution >= 4 is 27.1 Å². The lowest BCUT2D eigenvalue weighted by molar-refractivity contribution is -0.257. The van der Waals surface area contributed by atoms with Crippen LogP contribution >= 0.6 is 21.1 Å². The number of thiol groups is 1. The molecule has 0 aromatic carbocycles. The highest BCUT2D eigenvalue weighted by Crippen LogP contribution is 2.30. The molecular weight excluding hydrogens is 495 g/mol. The second kappa shape index (κ2) is 23.9. The molecule has 36 heavy (non-hydrogen) atoms. The number of hydrogen-bond donors (Lipinski definition) is 2. The van der Waals surface area contributed by atoms with Gasteiger partial charge in [0.25, 0.3) is 0 Å². The summed E-state index contributed by atoms with van der Waals surface area (Å²) in [6.07, 6.45) is 22.1. The molecule has 4 unspecified atom stereocenters. The molecule has 0 aromatic heterocycles. The zero-order valence-electron chi connectivity index (χ0n) is 23.5. The first-order valence-electron chi connectivity index (χ1n) is 14.5. The van der Waals surface area contributed by atoms with Gasteiger partial charge >= 0.3 is 11.5 Å². The predicted molar refractivity (Wildman–Crippen MR) is 152 cm³/mol. The lowest BCUT2D eigenvalue weighted by Gasteiger charge is -2.28. The fraction of sp³-hybridized carbons (Fsp3) is 0.964. The van der Waals surface area contributed by atoms with E-state index in [1.165, 1.54) is 96.3 Å². The minimum absolute atomic E-state index is 0.367. The Morgan fingerprint density at radius 3 is 1.67 bits per heavy atom. The Labute approximate surface area is 228 Å². The summed E-state index contributed by atoms with van der Waals surface area (Å²) < 4.78 is 27.1. The monoisotopic (exact) mass is 550 g/mol. The second-order valence-electron chi connectivity index (χ2n) is 10.0. The topological polar surface area (TPSA) is 82.1 Å². The van der Waals surface area contributed by atoms with Crippen LogP contribution in [0.4, 0.5) is 0 Å². The van der Waals surface area contributed by atoms with E-state index in [-0.39, 0.29) is 0 Å². The smallest absolute Gasteiger partial charge is 0.379 e. The van der Waals surface area contributed by atoms with Gasteiger partial charge in [0, 0.05) is 0 Å². The lowest BCUT2D eigenvalue weighted by atomic mass is 9.91. The molecule has 1 N–H and O–H groups in total. The van der Waals surface area contributed by atoms with Crippen LogP contribution in [-0.2, 0) is 23.6 Å². The molecule has 4 atom stereocenters. The number of unbranched alkanes of at least 4 members (excludes halogenated alkanes) is 13. The number of esters is 1. The number of rotatable bonds is 26. The van der Waals surface area contributed by atoms with Crippen LogP contribution in [0.25, 0.3) is 0 Å². The molecule has 6 nitrogen and oxygen atoms in total. The van der Waals surface area contributed by atoms with Crippen molar-refractivity contribution in [2.24, 2.45) is 5.92 Å². The molecule has 0 aromatic rings. The fourth-order valence-electron chi connectivity index (χ4n) is 4.48. The summed E-state index contributed by atoms with van der Waals surface area (Å²) in [6.45, 7) is 6.30. The first-order chi connectivity index (χ1) is 17.4. The van der Waals surface area contributed by atoms with E-state index in [2.05, 4.69) is 31.2 Å². The van der Waals surface area contributed by atoms with Crippen molar-refractivity contribution in [3.05, 3.63) is 0 Å². The van der Waals surface area contributed by atoms with E-state index in [9.17, 15) is 14.5 Å². The number of carbonyl (C=O) groups is 1. The molecule has 8 heteroatoms. The molecule has 0 radical (unpaired) electrons. The van der Waals surface area contributed by atoms with Crippen molar-refractivity contribution in [2.75, 3.05) is 7.11 Å². The van der Waals surface area contributed by atoms with Gasteiger partial charge in [0.2, 0.25) is 8.46 Å². The van der Waals surface area contributed by atoms with Gasteiger partial charge in [0.1, 0.15) is 5.44 Å². The minimum atomic E-state index is -2.57. The van der Waals surface area contributed by atoms with Crippen LogP contribution in [0.5, 0.6) is 0 Å². The van der Waals surface area contributed by atoms with Crippen molar-refractivity contribution in [2.45, 2.75) is 160 Å². The number of methoxy groups -OCH3 is 1. The maximum Gasteiger partial charge on any atom is 0.379 e. The van der Waals surface area contributed by atoms with Crippen molar-refractivity contribution in [1.29, 1.82) is 0 Å². The maximum absolute atomic E-state index is 11.8. The normalized spacial score (nSPS) is 15.9. The molecule has 0 fully saturated rings. The fourth-order valence-corrected chi connectivity index (χ4v) is 5.24. The van der Waals surface area contributed by atoms with E-state index in [4.69, 9.17) is 9.47 Å². The molecule has 0 amide bonds. The second-order valence-corrected chi connectivity index (χ2v) is 11.4. The number of carbonyl (C=O) groups excluding carboxylic acids is 1. The van der Waals surface area contributed by atoms with E-state index in [0.29, 0.717) is 12.3 Å². The van der Waals surface area contributed by atoms with Crippen LogP contribution in [0.3, 0.4) is 0 Å². The summed E-state index contributed by atoms with van der Waals surface area (Å²) in [5.74, 6) is -0.611. The van der Waals surface area contributed by atoms with E-state index in [1.54, 1.807) is 6.92 Å². The van der Waals surface area contributed by atoms with Gasteiger partial charge in [-0.05, 0) is 18.8 Å². The summed E-state index contributed by atoms with van der Waals surface area (Å²) in [4.78, 5) is 11.8. The van der Waals surface area contributed by atoms with Crippen LogP contribution in [0.2, 0.25) is 0 Å². The third kappa shape index (κ3) is 18.1. The molecule has 0 aliphatic carbocycles. The van der Waals surface area contributed by atoms with Crippen LogP contribution in [0, 0.1) is 5.92 Å². The molecule has 0 aliphatic heterocycles. The van der Waals surface area contributed by atoms with Gasteiger partial charge in [-0.15, -0.1) is 12.6 Å². The number of hydrogen-bond acceptors (Lipinski definition) is 7. The molecule has 0 saturated heterocycles. The molecule has 0 bridgehead atoms. The molecule has 0 saturated carbocycles. The third-order valence-electron chi connectivity index (χ3n) is 6.73. The van der Waals surface area contributed by atoms with E-state index < -0.39 is 31.7 Å². The van der Waals surface area contributed by atoms with Crippen molar-refractivity contribution in [3.63, 3.8) is 0 Å². The predicted octanol–water partition coefficient (Wildman–Crippen LogP) is 8.80. The molecule has 0 aliphatic rings. The highest BCUT2D eigenvalue weighted by atomic mass is 32.1. The lowest BCUT2D eigenvalue weighted by Crippen LogP contribution is -2.41. The average Bonchev–Trinajstić information content (AvgIpc) is 2.88. The summed E-state index contributed by atoms with van der Waals surface area (Å²) in [5, 5.41) is 10.2. The van der Waals surface area contributed by atoms with Gasteiger partial charge < -0.3 is 19.3 Å². The molecule has 0 rings (SSSR count). The Balaban J connectivity index is 4.58. The van der Waals surface area contributed by atoms with Crippen molar-refractivity contribution < 1.29 is 28.7 Å². The van der Waals surface area contributed by atoms with Crippen LogP contribution in [-0.4, -0.2) is 35.4 Å². The van der Waals surface area contributed by atoms with Crippen molar-refractivity contribution in [3.8, 4) is 0 Å². The summed E-state index contributed by atoms with van der Waals surface area (Å²) in [6, 6.07) is 0. The van der Waals surface area contributed by atoms with Crippen LogP contribution in [0.15, 0.2) is 0 Å². The van der Waals surface area contributed by atoms with E-state index >= 15 is 0 Å². The summed E-state index contributed by atoms with van der Waals surface area (Å²) >= 11 is 4.64. The Hall–Kier alpha value is -0.200. The number of aliphatic hydroxyl groups is 1. The highest BCUT2D eigenvalue weighted by molar-refractivity contribution is 7.80. The van der Waals surface area contributed by atoms with E-state index in [0.717, 1.165) is 26.4 Å². The van der Waals surface area contributed by atoms with Crippen molar-refractivity contribution in [1.82, 2.24) is 0 Å². The maximum atomic E-state index is 11.8. The minimum Gasteiger partial charge on any atom is -0.464 e. The Kier molecular flexibility index (Phi) is 23.8. The Bertz CT molecular complexity index is 538. The van der Waals surface area contributed by atoms with Gasteiger partial charge in [0.15, 0.2) is 6.29 Å². The van der Waals surface area contributed by atoms with Crippen LogP contribution in [0.1, 0.15) is 143 Å². The largest absolute Gasteiger partial charge is 0.464 e.